The first kappa shape index (κ1) is 16.4. The van der Waals surface area contributed by atoms with Gasteiger partial charge in [0, 0.05) is 23.8 Å². The second-order valence-corrected chi connectivity index (χ2v) is 7.05. The monoisotopic (exact) mass is 351 g/mol. The summed E-state index contributed by atoms with van der Waals surface area (Å²) in [6.07, 6.45) is 1.44. The van der Waals surface area contributed by atoms with E-state index in [-0.39, 0.29) is 17.3 Å². The van der Waals surface area contributed by atoms with Crippen molar-refractivity contribution in [3.05, 3.63) is 16.7 Å². The third-order valence-corrected chi connectivity index (χ3v) is 4.05. The smallest absolute Gasteiger partial charge is 0.244 e. The number of ether oxygens (including phenoxy) is 1. The second kappa shape index (κ2) is 7.18. The summed E-state index contributed by atoms with van der Waals surface area (Å²) in [5.41, 5.74) is 5.56. The lowest BCUT2D eigenvalue weighted by Crippen LogP contribution is -2.28. The molecule has 3 N–H and O–H groups in total. The van der Waals surface area contributed by atoms with Crippen molar-refractivity contribution in [2.75, 3.05) is 25.5 Å². The number of halogens is 1. The Balaban J connectivity index is 2.59. The Morgan fingerprint density at radius 2 is 2.21 bits per heavy atom. The van der Waals surface area contributed by atoms with Crippen LogP contribution in [0, 0.1) is 5.92 Å². The molecule has 0 atom stereocenters. The third kappa shape index (κ3) is 5.43. The summed E-state index contributed by atoms with van der Waals surface area (Å²) in [5.74, 6) is 0.389. The fourth-order valence-electron chi connectivity index (χ4n) is 1.29. The highest BCUT2D eigenvalue weighted by Crippen LogP contribution is 2.19. The molecule has 0 aliphatic rings. The SMILES string of the molecule is CC(C)COCCNS(=O)(=O)c1cc(Br)cnc1N. The van der Waals surface area contributed by atoms with Gasteiger partial charge in [0.1, 0.15) is 10.7 Å². The minimum atomic E-state index is -3.66. The zero-order chi connectivity index (χ0) is 14.5. The summed E-state index contributed by atoms with van der Waals surface area (Å²) in [5, 5.41) is 0. The van der Waals surface area contributed by atoms with E-state index < -0.39 is 10.0 Å². The number of aromatic nitrogens is 1. The Morgan fingerprint density at radius 3 is 2.84 bits per heavy atom. The molecule has 1 aromatic heterocycles. The topological polar surface area (TPSA) is 94.3 Å². The lowest BCUT2D eigenvalue weighted by molar-refractivity contribution is 0.114. The van der Waals surface area contributed by atoms with E-state index >= 15 is 0 Å². The second-order valence-electron chi connectivity index (χ2n) is 4.40. The maximum atomic E-state index is 12.0. The van der Waals surface area contributed by atoms with Gasteiger partial charge in [-0.05, 0) is 27.9 Å². The summed E-state index contributed by atoms with van der Waals surface area (Å²) in [7, 11) is -3.66. The fraction of sp³-hybridized carbons (Fsp3) is 0.545. The standard InChI is InChI=1S/C11H18BrN3O3S/c1-8(2)7-18-4-3-15-19(16,17)10-5-9(12)6-14-11(10)13/h5-6,8,15H,3-4,7H2,1-2H3,(H2,13,14). The van der Waals surface area contributed by atoms with Gasteiger partial charge in [0.15, 0.2) is 0 Å². The average Bonchev–Trinajstić information content (AvgIpc) is 2.31. The zero-order valence-corrected chi connectivity index (χ0v) is 13.3. The molecule has 0 saturated heterocycles. The van der Waals surface area contributed by atoms with Crippen LogP contribution in [0.15, 0.2) is 21.6 Å². The molecule has 108 valence electrons. The number of sulfonamides is 1. The molecule has 0 aromatic carbocycles. The number of hydrogen-bond acceptors (Lipinski definition) is 5. The Labute approximate surface area is 121 Å². The molecule has 1 aromatic rings. The highest BCUT2D eigenvalue weighted by atomic mass is 79.9. The molecule has 0 fully saturated rings. The van der Waals surface area contributed by atoms with Crippen molar-refractivity contribution < 1.29 is 13.2 Å². The van der Waals surface area contributed by atoms with Gasteiger partial charge >= 0.3 is 0 Å². The number of nitrogens with two attached hydrogens (primary N) is 1. The Bertz CT molecular complexity index is 520. The lowest BCUT2D eigenvalue weighted by Gasteiger charge is -2.10. The minimum absolute atomic E-state index is 0.0289. The predicted molar refractivity (Wildman–Crippen MR) is 77.2 cm³/mol. The van der Waals surface area contributed by atoms with Gasteiger partial charge in [-0.25, -0.2) is 18.1 Å². The molecule has 0 aliphatic heterocycles. The molecule has 0 spiro atoms. The lowest BCUT2D eigenvalue weighted by atomic mass is 10.2. The molecule has 0 bridgehead atoms. The van der Waals surface area contributed by atoms with Crippen LogP contribution in [0.4, 0.5) is 5.82 Å². The van der Waals surface area contributed by atoms with E-state index in [4.69, 9.17) is 10.5 Å². The number of hydrogen-bond donors (Lipinski definition) is 2. The molecule has 0 amide bonds. The summed E-state index contributed by atoms with van der Waals surface area (Å²) in [4.78, 5) is 3.76. The minimum Gasteiger partial charge on any atom is -0.383 e. The number of nitrogens with one attached hydrogen (secondary N) is 1. The van der Waals surface area contributed by atoms with E-state index in [1.165, 1.54) is 12.3 Å². The average molecular weight is 352 g/mol. The van der Waals surface area contributed by atoms with Crippen LogP contribution in [0.1, 0.15) is 13.8 Å². The number of nitrogen functional groups attached to an aromatic ring is 1. The maximum Gasteiger partial charge on any atom is 0.244 e. The summed E-state index contributed by atoms with van der Waals surface area (Å²) >= 11 is 3.16. The molecule has 8 heteroatoms. The van der Waals surface area contributed by atoms with E-state index in [0.717, 1.165) is 0 Å². The maximum absolute atomic E-state index is 12.0. The summed E-state index contributed by atoms with van der Waals surface area (Å²) < 4.78 is 32.3. The van der Waals surface area contributed by atoms with Gasteiger partial charge in [0.25, 0.3) is 0 Å². The van der Waals surface area contributed by atoms with Crippen molar-refractivity contribution in [1.29, 1.82) is 0 Å². The number of pyridine rings is 1. The van der Waals surface area contributed by atoms with Gasteiger partial charge in [0.2, 0.25) is 10.0 Å². The molecule has 0 unspecified atom stereocenters. The summed E-state index contributed by atoms with van der Waals surface area (Å²) in [6, 6.07) is 1.42. The Hall–Kier alpha value is -0.700. The molecule has 1 rings (SSSR count). The first-order valence-corrected chi connectivity index (χ1v) is 8.09. The van der Waals surface area contributed by atoms with Gasteiger partial charge < -0.3 is 10.5 Å². The fourth-order valence-corrected chi connectivity index (χ4v) is 2.89. The van der Waals surface area contributed by atoms with E-state index in [1.54, 1.807) is 0 Å². The van der Waals surface area contributed by atoms with Gasteiger partial charge in [-0.15, -0.1) is 0 Å². The number of rotatable bonds is 7. The first-order valence-electron chi connectivity index (χ1n) is 5.81. The van der Waals surface area contributed by atoms with Crippen LogP contribution in [0.3, 0.4) is 0 Å². The van der Waals surface area contributed by atoms with Crippen molar-refractivity contribution in [2.45, 2.75) is 18.7 Å². The molecule has 0 saturated carbocycles. The van der Waals surface area contributed by atoms with E-state index in [2.05, 4.69) is 25.6 Å². The van der Waals surface area contributed by atoms with Crippen molar-refractivity contribution in [1.82, 2.24) is 9.71 Å². The van der Waals surface area contributed by atoms with E-state index in [1.807, 2.05) is 13.8 Å². The van der Waals surface area contributed by atoms with E-state index in [9.17, 15) is 8.42 Å². The Kier molecular flexibility index (Phi) is 6.18. The zero-order valence-electron chi connectivity index (χ0n) is 10.9. The van der Waals surface area contributed by atoms with Crippen LogP contribution in [0.2, 0.25) is 0 Å². The summed E-state index contributed by atoms with van der Waals surface area (Å²) in [6.45, 7) is 5.16. The van der Waals surface area contributed by atoms with Crippen molar-refractivity contribution in [3.8, 4) is 0 Å². The van der Waals surface area contributed by atoms with Crippen LogP contribution in [-0.4, -0.2) is 33.2 Å². The van der Waals surface area contributed by atoms with Gasteiger partial charge in [-0.2, -0.15) is 0 Å². The number of anilines is 1. The van der Waals surface area contributed by atoms with Crippen LogP contribution < -0.4 is 10.5 Å². The highest BCUT2D eigenvalue weighted by molar-refractivity contribution is 9.10. The quantitative estimate of drug-likeness (QED) is 0.723. The molecular formula is C11H18BrN3O3S. The van der Waals surface area contributed by atoms with E-state index in [0.29, 0.717) is 23.6 Å². The van der Waals surface area contributed by atoms with Crippen molar-refractivity contribution in [3.63, 3.8) is 0 Å². The van der Waals surface area contributed by atoms with Crippen LogP contribution in [0.5, 0.6) is 0 Å². The predicted octanol–water partition coefficient (Wildman–Crippen LogP) is 1.38. The Morgan fingerprint density at radius 1 is 1.53 bits per heavy atom. The number of nitrogens with zero attached hydrogens (tertiary/aromatic N) is 1. The molecule has 0 aliphatic carbocycles. The van der Waals surface area contributed by atoms with Crippen LogP contribution in [-0.2, 0) is 14.8 Å². The largest absolute Gasteiger partial charge is 0.383 e. The highest BCUT2D eigenvalue weighted by Gasteiger charge is 2.18. The first-order chi connectivity index (χ1) is 8.83. The molecular weight excluding hydrogens is 334 g/mol. The molecule has 1 heterocycles. The molecule has 6 nitrogen and oxygen atoms in total. The molecule has 19 heavy (non-hydrogen) atoms. The third-order valence-electron chi connectivity index (χ3n) is 2.13. The van der Waals surface area contributed by atoms with Gasteiger partial charge in [0.05, 0.1) is 6.61 Å². The van der Waals surface area contributed by atoms with Crippen molar-refractivity contribution in [2.24, 2.45) is 5.92 Å². The molecule has 0 radical (unpaired) electrons. The van der Waals surface area contributed by atoms with Gasteiger partial charge in [-0.1, -0.05) is 13.8 Å². The van der Waals surface area contributed by atoms with Gasteiger partial charge in [-0.3, -0.25) is 0 Å². The van der Waals surface area contributed by atoms with Crippen LogP contribution in [0.25, 0.3) is 0 Å². The van der Waals surface area contributed by atoms with Crippen molar-refractivity contribution >= 4 is 31.8 Å². The van der Waals surface area contributed by atoms with Crippen LogP contribution >= 0.6 is 15.9 Å². The normalized spacial score (nSPS) is 12.0.